The van der Waals surface area contributed by atoms with Crippen molar-refractivity contribution in [1.82, 2.24) is 24.9 Å². The van der Waals surface area contributed by atoms with Crippen LogP contribution in [-0.4, -0.2) is 36.9 Å². The summed E-state index contributed by atoms with van der Waals surface area (Å²) in [5.41, 5.74) is -0.635. The molecule has 0 unspecified atom stereocenters. The molecule has 176 valence electrons. The van der Waals surface area contributed by atoms with Crippen molar-refractivity contribution in [2.24, 2.45) is 0 Å². The molecule has 1 N–H and O–H groups in total. The minimum atomic E-state index is -4.50. The molecule has 2 heterocycles. The van der Waals surface area contributed by atoms with Crippen LogP contribution in [0.2, 0.25) is 5.02 Å². The average Bonchev–Trinajstić information content (AvgIpc) is 3.36. The second kappa shape index (κ2) is 9.90. The lowest BCUT2D eigenvalue weighted by molar-refractivity contribution is -0.384. The van der Waals surface area contributed by atoms with Crippen LogP contribution in [0.1, 0.15) is 28.3 Å². The van der Waals surface area contributed by atoms with E-state index in [2.05, 4.69) is 15.5 Å². The second-order valence-corrected chi connectivity index (χ2v) is 7.29. The van der Waals surface area contributed by atoms with Crippen LogP contribution in [-0.2, 0) is 19.5 Å². The topological polar surface area (TPSA) is 117 Å². The molecule has 0 aliphatic carbocycles. The fourth-order valence-electron chi connectivity index (χ4n) is 2.81. The number of amides is 1. The zero-order valence-electron chi connectivity index (χ0n) is 17.2. The number of nitrogens with zero attached hydrogens (tertiary/aromatic N) is 5. The van der Waals surface area contributed by atoms with Crippen molar-refractivity contribution < 1.29 is 27.6 Å². The predicted molar refractivity (Wildman–Crippen MR) is 110 cm³/mol. The molecule has 10 nitrogen and oxygen atoms in total. The summed E-state index contributed by atoms with van der Waals surface area (Å²) in [6.45, 7) is 1.85. The van der Waals surface area contributed by atoms with Crippen LogP contribution < -0.4 is 10.1 Å². The summed E-state index contributed by atoms with van der Waals surface area (Å²) in [5, 5.41) is 21.0. The van der Waals surface area contributed by atoms with Gasteiger partial charge in [0.25, 0.3) is 11.6 Å². The van der Waals surface area contributed by atoms with Crippen LogP contribution in [0.5, 0.6) is 5.75 Å². The van der Waals surface area contributed by atoms with Gasteiger partial charge in [-0.25, -0.2) is 4.68 Å². The van der Waals surface area contributed by atoms with Gasteiger partial charge in [-0.2, -0.15) is 23.4 Å². The number of nitrogens with one attached hydrogen (secondary N) is 1. The average molecular weight is 487 g/mol. The zero-order chi connectivity index (χ0) is 24.2. The van der Waals surface area contributed by atoms with E-state index in [1.165, 1.54) is 40.7 Å². The maximum absolute atomic E-state index is 12.7. The second-order valence-electron chi connectivity index (χ2n) is 6.89. The van der Waals surface area contributed by atoms with E-state index in [0.717, 1.165) is 12.1 Å². The molecular weight excluding hydrogens is 469 g/mol. The number of benzene rings is 1. The molecule has 0 spiro atoms. The molecule has 14 heteroatoms. The number of carbonyl (C=O) groups excluding carboxylic acids is 1. The van der Waals surface area contributed by atoms with Gasteiger partial charge in [0.15, 0.2) is 12.4 Å². The molecule has 0 saturated heterocycles. The van der Waals surface area contributed by atoms with Gasteiger partial charge >= 0.3 is 6.18 Å². The first-order valence-electron chi connectivity index (χ1n) is 9.54. The van der Waals surface area contributed by atoms with Gasteiger partial charge in [0.1, 0.15) is 11.4 Å². The number of hydrogen-bond acceptors (Lipinski definition) is 6. The Bertz CT molecular complexity index is 1160. The summed E-state index contributed by atoms with van der Waals surface area (Å²) >= 11 is 5.96. The first-order chi connectivity index (χ1) is 15.5. The van der Waals surface area contributed by atoms with E-state index in [0.29, 0.717) is 12.1 Å². The molecule has 1 aromatic carbocycles. The van der Waals surface area contributed by atoms with E-state index >= 15 is 0 Å². The molecule has 0 atom stereocenters. The summed E-state index contributed by atoms with van der Waals surface area (Å²) in [7, 11) is 0. The van der Waals surface area contributed by atoms with Crippen LogP contribution in [0.15, 0.2) is 36.5 Å². The van der Waals surface area contributed by atoms with E-state index in [4.69, 9.17) is 16.3 Å². The molecule has 0 fully saturated rings. The molecule has 1 amide bonds. The number of ether oxygens (including phenoxy) is 1. The summed E-state index contributed by atoms with van der Waals surface area (Å²) in [5.74, 6) is -0.248. The highest BCUT2D eigenvalue weighted by Crippen LogP contribution is 2.29. The van der Waals surface area contributed by atoms with Gasteiger partial charge in [0.05, 0.1) is 9.95 Å². The van der Waals surface area contributed by atoms with Crippen LogP contribution in [0.3, 0.4) is 0 Å². The van der Waals surface area contributed by atoms with E-state index < -0.39 is 22.7 Å². The maximum atomic E-state index is 12.7. The lowest BCUT2D eigenvalue weighted by Crippen LogP contribution is -2.26. The van der Waals surface area contributed by atoms with E-state index in [9.17, 15) is 28.1 Å². The number of rotatable bonds is 9. The Balaban J connectivity index is 1.46. The van der Waals surface area contributed by atoms with Gasteiger partial charge in [-0.3, -0.25) is 19.6 Å². The number of nitro groups is 1. The van der Waals surface area contributed by atoms with Crippen molar-refractivity contribution in [3.8, 4) is 5.75 Å². The molecule has 3 rings (SSSR count). The Morgan fingerprint density at radius 2 is 2.03 bits per heavy atom. The van der Waals surface area contributed by atoms with Gasteiger partial charge in [0, 0.05) is 37.1 Å². The quantitative estimate of drug-likeness (QED) is 0.279. The van der Waals surface area contributed by atoms with Crippen molar-refractivity contribution in [1.29, 1.82) is 0 Å². The third-order valence-corrected chi connectivity index (χ3v) is 4.75. The molecule has 0 aliphatic rings. The highest BCUT2D eigenvalue weighted by atomic mass is 35.5. The third-order valence-electron chi connectivity index (χ3n) is 4.46. The molecule has 0 bridgehead atoms. The number of non-ortho nitro benzene ring substituents is 1. The van der Waals surface area contributed by atoms with Gasteiger partial charge in [-0.05, 0) is 31.5 Å². The minimum Gasteiger partial charge on any atom is -0.470 e. The number of aromatic nitrogens is 4. The monoisotopic (exact) mass is 486 g/mol. The third kappa shape index (κ3) is 6.22. The molecule has 3 aromatic rings. The number of halogens is 4. The van der Waals surface area contributed by atoms with Gasteiger partial charge in [0.2, 0.25) is 0 Å². The summed E-state index contributed by atoms with van der Waals surface area (Å²) in [6.07, 6.45) is -2.63. The standard InChI is InChI=1S/C19H18ClF3N6O4/c1-12-9-17(19(21,22)23)26-28(12)7-2-6-24-18(30)15-5-8-27(25-15)11-33-16-4-3-13(29(31)32)10-14(16)20/h3-5,8-10H,2,6-7,11H2,1H3,(H,24,30). The summed E-state index contributed by atoms with van der Waals surface area (Å²) < 4.78 is 46.1. The van der Waals surface area contributed by atoms with Gasteiger partial charge in [-0.1, -0.05) is 11.6 Å². The largest absolute Gasteiger partial charge is 0.470 e. The summed E-state index contributed by atoms with van der Waals surface area (Å²) in [6, 6.07) is 6.20. The molecule has 0 aliphatic heterocycles. The molecule has 33 heavy (non-hydrogen) atoms. The number of hydrogen-bond donors (Lipinski definition) is 1. The SMILES string of the molecule is Cc1cc(C(F)(F)F)nn1CCCNC(=O)c1ccn(COc2ccc([N+](=O)[O-])cc2Cl)n1. The van der Waals surface area contributed by atoms with E-state index in [1.54, 1.807) is 0 Å². The van der Waals surface area contributed by atoms with Crippen LogP contribution in [0.25, 0.3) is 0 Å². The minimum absolute atomic E-state index is 0.0593. The fraction of sp³-hybridized carbons (Fsp3) is 0.316. The van der Waals surface area contributed by atoms with E-state index in [-0.39, 0.29) is 42.0 Å². The molecular formula is C19H18ClF3N6O4. The predicted octanol–water partition coefficient (Wildman–Crippen LogP) is 3.83. The number of aryl methyl sites for hydroxylation is 2. The molecule has 0 radical (unpaired) electrons. The molecule has 2 aromatic heterocycles. The highest BCUT2D eigenvalue weighted by molar-refractivity contribution is 6.32. The Morgan fingerprint density at radius 1 is 1.27 bits per heavy atom. The van der Waals surface area contributed by atoms with Crippen LogP contribution in [0.4, 0.5) is 18.9 Å². The van der Waals surface area contributed by atoms with Crippen molar-refractivity contribution in [3.63, 3.8) is 0 Å². The van der Waals surface area contributed by atoms with E-state index in [1.807, 2.05) is 0 Å². The molecule has 0 saturated carbocycles. The van der Waals surface area contributed by atoms with Gasteiger partial charge < -0.3 is 10.1 Å². The van der Waals surface area contributed by atoms with Gasteiger partial charge in [-0.15, -0.1) is 0 Å². The number of carbonyl (C=O) groups is 1. The first kappa shape index (κ1) is 24.0. The Morgan fingerprint density at radius 3 is 2.67 bits per heavy atom. The van der Waals surface area contributed by atoms with Crippen LogP contribution >= 0.6 is 11.6 Å². The Kier molecular flexibility index (Phi) is 7.21. The van der Waals surface area contributed by atoms with Crippen molar-refractivity contribution in [3.05, 3.63) is 68.7 Å². The number of nitro benzene ring substituents is 1. The van der Waals surface area contributed by atoms with Crippen LogP contribution in [0, 0.1) is 17.0 Å². The van der Waals surface area contributed by atoms with Crippen molar-refractivity contribution in [2.75, 3.05) is 6.54 Å². The smallest absolute Gasteiger partial charge is 0.435 e. The Labute approximate surface area is 190 Å². The fourth-order valence-corrected chi connectivity index (χ4v) is 3.04. The summed E-state index contributed by atoms with van der Waals surface area (Å²) in [4.78, 5) is 22.4. The Hall–Kier alpha value is -3.61. The lowest BCUT2D eigenvalue weighted by atomic mass is 10.3. The number of alkyl halides is 3. The lowest BCUT2D eigenvalue weighted by Gasteiger charge is -2.08. The maximum Gasteiger partial charge on any atom is 0.435 e. The highest BCUT2D eigenvalue weighted by Gasteiger charge is 2.34. The zero-order valence-corrected chi connectivity index (χ0v) is 17.9. The first-order valence-corrected chi connectivity index (χ1v) is 9.92. The normalized spacial score (nSPS) is 11.4. The van der Waals surface area contributed by atoms with Crippen molar-refractivity contribution in [2.45, 2.75) is 32.8 Å². The van der Waals surface area contributed by atoms with Crippen molar-refractivity contribution >= 4 is 23.2 Å².